The van der Waals surface area contributed by atoms with Crippen molar-refractivity contribution in [3.8, 4) is 12.1 Å². The Labute approximate surface area is 107 Å². The highest BCUT2D eigenvalue weighted by atomic mass is 16.5. The van der Waals surface area contributed by atoms with Crippen LogP contribution in [-0.2, 0) is 16.1 Å². The van der Waals surface area contributed by atoms with Crippen LogP contribution in [0.4, 0.5) is 0 Å². The number of allylic oxidation sites excluding steroid dienone is 1. The largest absolute Gasteiger partial charge is 0.494 e. The summed E-state index contributed by atoms with van der Waals surface area (Å²) in [6, 6.07) is 13.3. The monoisotopic (exact) mass is 242 g/mol. The molecule has 0 atom stereocenters. The summed E-state index contributed by atoms with van der Waals surface area (Å²) in [5.74, 6) is 0.290. The lowest BCUT2D eigenvalue weighted by atomic mass is 10.2. The summed E-state index contributed by atoms with van der Waals surface area (Å²) in [5.41, 5.74) is 0.994. The average Bonchev–Trinajstić information content (AvgIpc) is 2.41. The van der Waals surface area contributed by atoms with E-state index in [1.165, 1.54) is 0 Å². The first-order chi connectivity index (χ1) is 8.81. The number of benzene rings is 1. The molecule has 0 aliphatic rings. The van der Waals surface area contributed by atoms with Gasteiger partial charge in [0.25, 0.3) is 0 Å². The van der Waals surface area contributed by atoms with E-state index in [2.05, 4.69) is 0 Å². The Bertz CT molecular complexity index is 465. The first kappa shape index (κ1) is 13.8. The fourth-order valence-corrected chi connectivity index (χ4v) is 1.35. The molecule has 92 valence electrons. The zero-order chi connectivity index (χ0) is 13.2. The second-order valence-corrected chi connectivity index (χ2v) is 3.43. The van der Waals surface area contributed by atoms with Crippen molar-refractivity contribution in [2.45, 2.75) is 13.5 Å². The van der Waals surface area contributed by atoms with Gasteiger partial charge in [0.15, 0.2) is 5.57 Å². The maximum atomic E-state index is 8.77. The van der Waals surface area contributed by atoms with Gasteiger partial charge in [-0.25, -0.2) is 0 Å². The van der Waals surface area contributed by atoms with Crippen molar-refractivity contribution >= 4 is 0 Å². The van der Waals surface area contributed by atoms with E-state index in [0.29, 0.717) is 19.0 Å². The zero-order valence-electron chi connectivity index (χ0n) is 10.2. The standard InChI is InChI=1S/C14H14N2O2/c1-2-18-14(13(8-15)9-16)11-17-10-12-6-4-3-5-7-12/h3-7H,2,10-11H2,1H3. The SMILES string of the molecule is CCOC(COCc1ccccc1)=C(C#N)C#N. The summed E-state index contributed by atoms with van der Waals surface area (Å²) in [6.45, 7) is 2.74. The molecule has 0 aliphatic heterocycles. The lowest BCUT2D eigenvalue weighted by Crippen LogP contribution is -2.05. The third kappa shape index (κ3) is 4.29. The molecule has 0 saturated heterocycles. The third-order valence-electron chi connectivity index (χ3n) is 2.17. The van der Waals surface area contributed by atoms with E-state index in [4.69, 9.17) is 20.0 Å². The van der Waals surface area contributed by atoms with E-state index < -0.39 is 0 Å². The summed E-state index contributed by atoms with van der Waals surface area (Å²) in [4.78, 5) is 0. The lowest BCUT2D eigenvalue weighted by Gasteiger charge is -2.09. The quantitative estimate of drug-likeness (QED) is 0.568. The fraction of sp³-hybridized carbons (Fsp3) is 0.286. The summed E-state index contributed by atoms with van der Waals surface area (Å²) >= 11 is 0. The van der Waals surface area contributed by atoms with Crippen molar-refractivity contribution in [1.29, 1.82) is 10.5 Å². The highest BCUT2D eigenvalue weighted by Crippen LogP contribution is 2.08. The minimum absolute atomic E-state index is 0.0371. The van der Waals surface area contributed by atoms with Gasteiger partial charge in [-0.05, 0) is 12.5 Å². The van der Waals surface area contributed by atoms with Crippen molar-refractivity contribution in [3.05, 3.63) is 47.2 Å². The van der Waals surface area contributed by atoms with Crippen LogP contribution in [0.3, 0.4) is 0 Å². The van der Waals surface area contributed by atoms with Gasteiger partial charge in [-0.15, -0.1) is 0 Å². The Balaban J connectivity index is 2.57. The number of ether oxygens (including phenoxy) is 2. The minimum Gasteiger partial charge on any atom is -0.494 e. The Morgan fingerprint density at radius 3 is 2.39 bits per heavy atom. The molecule has 0 bridgehead atoms. The molecule has 0 N–H and O–H groups in total. The molecule has 0 fully saturated rings. The molecule has 0 saturated carbocycles. The molecule has 0 aliphatic carbocycles. The number of nitrogens with zero attached hydrogens (tertiary/aromatic N) is 2. The maximum absolute atomic E-state index is 8.77. The maximum Gasteiger partial charge on any atom is 0.169 e. The molecule has 4 heteroatoms. The van der Waals surface area contributed by atoms with Crippen molar-refractivity contribution in [1.82, 2.24) is 0 Å². The van der Waals surface area contributed by atoms with Crippen molar-refractivity contribution < 1.29 is 9.47 Å². The van der Waals surface area contributed by atoms with Crippen LogP contribution in [-0.4, -0.2) is 13.2 Å². The lowest BCUT2D eigenvalue weighted by molar-refractivity contribution is 0.0911. The van der Waals surface area contributed by atoms with Crippen molar-refractivity contribution in [3.63, 3.8) is 0 Å². The summed E-state index contributed by atoms with van der Waals surface area (Å²) < 4.78 is 10.7. The minimum atomic E-state index is -0.0371. The van der Waals surface area contributed by atoms with Crippen LogP contribution < -0.4 is 0 Å². The van der Waals surface area contributed by atoms with Crippen LogP contribution in [0.25, 0.3) is 0 Å². The smallest absolute Gasteiger partial charge is 0.169 e. The molecule has 0 unspecified atom stereocenters. The zero-order valence-corrected chi connectivity index (χ0v) is 10.2. The van der Waals surface area contributed by atoms with Crippen molar-refractivity contribution in [2.24, 2.45) is 0 Å². The second kappa shape index (κ2) is 7.89. The van der Waals surface area contributed by atoms with E-state index in [1.807, 2.05) is 30.3 Å². The van der Waals surface area contributed by atoms with Gasteiger partial charge < -0.3 is 9.47 Å². The molecular formula is C14H14N2O2. The Kier molecular flexibility index (Phi) is 6.03. The molecule has 0 spiro atoms. The van der Waals surface area contributed by atoms with Crippen LogP contribution in [0.15, 0.2) is 41.7 Å². The van der Waals surface area contributed by atoms with Gasteiger partial charge in [0.2, 0.25) is 0 Å². The van der Waals surface area contributed by atoms with Gasteiger partial charge in [-0.3, -0.25) is 0 Å². The molecule has 1 rings (SSSR count). The van der Waals surface area contributed by atoms with Gasteiger partial charge in [0.1, 0.15) is 24.5 Å². The predicted molar refractivity (Wildman–Crippen MR) is 66.0 cm³/mol. The number of hydrogen-bond donors (Lipinski definition) is 0. The van der Waals surface area contributed by atoms with E-state index in [9.17, 15) is 0 Å². The molecule has 0 amide bonds. The van der Waals surface area contributed by atoms with E-state index in [-0.39, 0.29) is 12.2 Å². The molecule has 1 aromatic rings. The summed E-state index contributed by atoms with van der Waals surface area (Å²) in [6.07, 6.45) is 0. The first-order valence-corrected chi connectivity index (χ1v) is 5.59. The van der Waals surface area contributed by atoms with Gasteiger partial charge in [-0.2, -0.15) is 10.5 Å². The molecule has 0 aromatic heterocycles. The van der Waals surface area contributed by atoms with Crippen LogP contribution >= 0.6 is 0 Å². The molecule has 1 aromatic carbocycles. The van der Waals surface area contributed by atoms with Crippen LogP contribution in [0.2, 0.25) is 0 Å². The van der Waals surface area contributed by atoms with E-state index in [0.717, 1.165) is 5.56 Å². The normalized spacial score (nSPS) is 9.06. The fourth-order valence-electron chi connectivity index (χ4n) is 1.35. The van der Waals surface area contributed by atoms with Crippen molar-refractivity contribution in [2.75, 3.05) is 13.2 Å². The number of hydrogen-bond acceptors (Lipinski definition) is 4. The molecule has 0 heterocycles. The van der Waals surface area contributed by atoms with Crippen LogP contribution in [0.1, 0.15) is 12.5 Å². The molecule has 0 radical (unpaired) electrons. The topological polar surface area (TPSA) is 66.0 Å². The highest BCUT2D eigenvalue weighted by molar-refractivity contribution is 5.38. The molecule has 4 nitrogen and oxygen atoms in total. The van der Waals surface area contributed by atoms with E-state index in [1.54, 1.807) is 19.1 Å². The third-order valence-corrected chi connectivity index (χ3v) is 2.17. The predicted octanol–water partition coefficient (Wildman–Crippen LogP) is 2.54. The highest BCUT2D eigenvalue weighted by Gasteiger charge is 2.07. The average molecular weight is 242 g/mol. The van der Waals surface area contributed by atoms with Crippen LogP contribution in [0.5, 0.6) is 0 Å². The van der Waals surface area contributed by atoms with Gasteiger partial charge in [-0.1, -0.05) is 30.3 Å². The van der Waals surface area contributed by atoms with Crippen LogP contribution in [0, 0.1) is 22.7 Å². The first-order valence-electron chi connectivity index (χ1n) is 5.59. The Morgan fingerprint density at radius 2 is 1.83 bits per heavy atom. The van der Waals surface area contributed by atoms with E-state index >= 15 is 0 Å². The second-order valence-electron chi connectivity index (χ2n) is 3.43. The Hall–Kier alpha value is -2.30. The summed E-state index contributed by atoms with van der Waals surface area (Å²) in [7, 11) is 0. The molecule has 18 heavy (non-hydrogen) atoms. The van der Waals surface area contributed by atoms with Gasteiger partial charge >= 0.3 is 0 Å². The van der Waals surface area contributed by atoms with Gasteiger partial charge in [0.05, 0.1) is 13.2 Å². The summed E-state index contributed by atoms with van der Waals surface area (Å²) in [5, 5.41) is 17.5. The van der Waals surface area contributed by atoms with Gasteiger partial charge in [0, 0.05) is 0 Å². The Morgan fingerprint density at radius 1 is 1.17 bits per heavy atom. The molecular weight excluding hydrogens is 228 g/mol. The number of nitriles is 2. The number of rotatable bonds is 6.